The number of rotatable bonds is 4. The van der Waals surface area contributed by atoms with Crippen LogP contribution in [0.4, 0.5) is 0 Å². The second-order valence-electron chi connectivity index (χ2n) is 4.27. The van der Waals surface area contributed by atoms with Gasteiger partial charge in [0.15, 0.2) is 0 Å². The lowest BCUT2D eigenvalue weighted by molar-refractivity contribution is 0.281. The summed E-state index contributed by atoms with van der Waals surface area (Å²) in [6.45, 7) is 2.39. The Labute approximate surface area is 106 Å². The molecule has 2 aromatic carbocycles. The van der Waals surface area contributed by atoms with Gasteiger partial charge in [0.05, 0.1) is 6.61 Å². The zero-order chi connectivity index (χ0) is 13.0. The summed E-state index contributed by atoms with van der Waals surface area (Å²) in [7, 11) is 0. The molecule has 0 amide bonds. The third-order valence-electron chi connectivity index (χ3n) is 2.65. The third kappa shape index (κ3) is 3.25. The molecule has 3 nitrogen and oxygen atoms in total. The molecule has 0 aliphatic carbocycles. The van der Waals surface area contributed by atoms with E-state index < -0.39 is 0 Å². The van der Waals surface area contributed by atoms with Gasteiger partial charge in [-0.3, -0.25) is 0 Å². The molecule has 18 heavy (non-hydrogen) atoms. The molecule has 94 valence electrons. The van der Waals surface area contributed by atoms with E-state index in [0.717, 1.165) is 16.7 Å². The van der Waals surface area contributed by atoms with Gasteiger partial charge in [-0.25, -0.2) is 0 Å². The van der Waals surface area contributed by atoms with Gasteiger partial charge in [0, 0.05) is 6.07 Å². The van der Waals surface area contributed by atoms with Crippen molar-refractivity contribution in [2.24, 2.45) is 0 Å². The Morgan fingerprint density at radius 3 is 2.28 bits per heavy atom. The van der Waals surface area contributed by atoms with Crippen molar-refractivity contribution < 1.29 is 14.9 Å². The van der Waals surface area contributed by atoms with E-state index in [1.165, 1.54) is 0 Å². The van der Waals surface area contributed by atoms with Gasteiger partial charge >= 0.3 is 0 Å². The average molecular weight is 244 g/mol. The van der Waals surface area contributed by atoms with Crippen molar-refractivity contribution in [2.75, 3.05) is 0 Å². The van der Waals surface area contributed by atoms with Gasteiger partial charge in [-0.1, -0.05) is 24.3 Å². The molecule has 0 aliphatic rings. The van der Waals surface area contributed by atoms with Crippen molar-refractivity contribution in [3.05, 3.63) is 59.2 Å². The van der Waals surface area contributed by atoms with Crippen LogP contribution in [0.5, 0.6) is 11.5 Å². The minimum absolute atomic E-state index is 0.0485. The second kappa shape index (κ2) is 5.56. The van der Waals surface area contributed by atoms with E-state index in [0.29, 0.717) is 12.4 Å². The Kier molecular flexibility index (Phi) is 3.85. The number of hydrogen-bond donors (Lipinski definition) is 2. The van der Waals surface area contributed by atoms with Gasteiger partial charge in [-0.2, -0.15) is 0 Å². The molecule has 3 heteroatoms. The minimum Gasteiger partial charge on any atom is -0.508 e. The third-order valence-corrected chi connectivity index (χ3v) is 2.65. The fraction of sp³-hybridized carbons (Fsp3) is 0.200. The molecule has 0 fully saturated rings. The molecule has 0 heterocycles. The fourth-order valence-corrected chi connectivity index (χ4v) is 1.72. The molecule has 0 bridgehead atoms. The number of phenolic OH excluding ortho intramolecular Hbond substituents is 1. The summed E-state index contributed by atoms with van der Waals surface area (Å²) >= 11 is 0. The Morgan fingerprint density at radius 1 is 1.00 bits per heavy atom. The predicted molar refractivity (Wildman–Crippen MR) is 69.5 cm³/mol. The van der Waals surface area contributed by atoms with Crippen molar-refractivity contribution in [2.45, 2.75) is 20.1 Å². The summed E-state index contributed by atoms with van der Waals surface area (Å²) in [5.74, 6) is 0.861. The van der Waals surface area contributed by atoms with E-state index >= 15 is 0 Å². The van der Waals surface area contributed by atoms with Gasteiger partial charge in [-0.15, -0.1) is 0 Å². The first-order valence-electron chi connectivity index (χ1n) is 5.79. The molecule has 0 unspecified atom stereocenters. The quantitative estimate of drug-likeness (QED) is 0.869. The smallest absolute Gasteiger partial charge is 0.123 e. The highest BCUT2D eigenvalue weighted by molar-refractivity contribution is 5.37. The average Bonchev–Trinajstić information content (AvgIpc) is 2.36. The lowest BCUT2D eigenvalue weighted by Crippen LogP contribution is -1.96. The van der Waals surface area contributed by atoms with E-state index in [4.69, 9.17) is 9.84 Å². The highest BCUT2D eigenvalue weighted by Crippen LogP contribution is 2.22. The number of benzene rings is 2. The van der Waals surface area contributed by atoms with Gasteiger partial charge in [-0.05, 0) is 35.7 Å². The van der Waals surface area contributed by atoms with Crippen LogP contribution in [-0.2, 0) is 13.2 Å². The van der Waals surface area contributed by atoms with Crippen LogP contribution in [0.3, 0.4) is 0 Å². The second-order valence-corrected chi connectivity index (χ2v) is 4.27. The van der Waals surface area contributed by atoms with Crippen LogP contribution in [0.25, 0.3) is 0 Å². The Balaban J connectivity index is 2.01. The van der Waals surface area contributed by atoms with E-state index in [1.807, 2.05) is 37.3 Å². The van der Waals surface area contributed by atoms with Crippen molar-refractivity contribution in [1.82, 2.24) is 0 Å². The van der Waals surface area contributed by atoms with E-state index in [-0.39, 0.29) is 12.4 Å². The van der Waals surface area contributed by atoms with Crippen molar-refractivity contribution >= 4 is 0 Å². The zero-order valence-corrected chi connectivity index (χ0v) is 10.3. The number of aliphatic hydroxyl groups excluding tert-OH is 1. The van der Waals surface area contributed by atoms with Gasteiger partial charge < -0.3 is 14.9 Å². The summed E-state index contributed by atoms with van der Waals surface area (Å²) in [5.41, 5.74) is 2.86. The van der Waals surface area contributed by atoms with E-state index in [1.54, 1.807) is 12.1 Å². The molecule has 0 saturated heterocycles. The van der Waals surface area contributed by atoms with Crippen LogP contribution in [0, 0.1) is 6.92 Å². The maximum absolute atomic E-state index is 9.45. The molecule has 0 aromatic heterocycles. The number of aliphatic hydroxyl groups is 1. The maximum atomic E-state index is 9.45. The summed E-state index contributed by atoms with van der Waals surface area (Å²) in [6.07, 6.45) is 0. The fourth-order valence-electron chi connectivity index (χ4n) is 1.72. The first-order chi connectivity index (χ1) is 8.67. The Morgan fingerprint density at radius 2 is 1.67 bits per heavy atom. The molecule has 2 aromatic rings. The number of aryl methyl sites for hydroxylation is 1. The molecule has 0 radical (unpaired) electrons. The lowest BCUT2D eigenvalue weighted by atomic mass is 10.1. The molecule has 2 N–H and O–H groups in total. The summed E-state index contributed by atoms with van der Waals surface area (Å²) < 4.78 is 5.60. The summed E-state index contributed by atoms with van der Waals surface area (Å²) in [4.78, 5) is 0. The lowest BCUT2D eigenvalue weighted by Gasteiger charge is -2.08. The number of ether oxygens (including phenoxy) is 1. The van der Waals surface area contributed by atoms with Crippen LogP contribution >= 0.6 is 0 Å². The SMILES string of the molecule is Cc1cc(O)cc(OCc2ccc(CO)cc2)c1. The monoisotopic (exact) mass is 244 g/mol. The molecule has 0 spiro atoms. The molecular weight excluding hydrogens is 228 g/mol. The van der Waals surface area contributed by atoms with Crippen molar-refractivity contribution in [1.29, 1.82) is 0 Å². The van der Waals surface area contributed by atoms with Crippen LogP contribution in [0.2, 0.25) is 0 Å². The molecular formula is C15H16O3. The zero-order valence-electron chi connectivity index (χ0n) is 10.3. The van der Waals surface area contributed by atoms with Gasteiger partial charge in [0.2, 0.25) is 0 Å². The molecule has 2 rings (SSSR count). The van der Waals surface area contributed by atoms with Gasteiger partial charge in [0.1, 0.15) is 18.1 Å². The molecule has 0 atom stereocenters. The van der Waals surface area contributed by atoms with E-state index in [2.05, 4.69) is 0 Å². The van der Waals surface area contributed by atoms with Crippen LogP contribution < -0.4 is 4.74 Å². The van der Waals surface area contributed by atoms with Gasteiger partial charge in [0.25, 0.3) is 0 Å². The molecule has 0 aliphatic heterocycles. The topological polar surface area (TPSA) is 49.7 Å². The first kappa shape index (κ1) is 12.5. The maximum Gasteiger partial charge on any atom is 0.123 e. The largest absolute Gasteiger partial charge is 0.508 e. The first-order valence-corrected chi connectivity index (χ1v) is 5.79. The normalized spacial score (nSPS) is 10.3. The van der Waals surface area contributed by atoms with Crippen LogP contribution in [0.15, 0.2) is 42.5 Å². The predicted octanol–water partition coefficient (Wildman–Crippen LogP) is 2.77. The van der Waals surface area contributed by atoms with Crippen molar-refractivity contribution in [3.8, 4) is 11.5 Å². The Hall–Kier alpha value is -2.00. The highest BCUT2D eigenvalue weighted by Gasteiger charge is 2.00. The summed E-state index contributed by atoms with van der Waals surface area (Å²) in [5, 5.41) is 18.4. The van der Waals surface area contributed by atoms with E-state index in [9.17, 15) is 5.11 Å². The van der Waals surface area contributed by atoms with Crippen molar-refractivity contribution in [3.63, 3.8) is 0 Å². The number of phenols is 1. The number of hydrogen-bond acceptors (Lipinski definition) is 3. The Bertz CT molecular complexity index is 498. The summed E-state index contributed by atoms with van der Waals surface area (Å²) in [6, 6.07) is 12.7. The van der Waals surface area contributed by atoms with Crippen LogP contribution in [-0.4, -0.2) is 10.2 Å². The van der Waals surface area contributed by atoms with Crippen LogP contribution in [0.1, 0.15) is 16.7 Å². The highest BCUT2D eigenvalue weighted by atomic mass is 16.5. The standard InChI is InChI=1S/C15H16O3/c1-11-6-14(17)8-15(7-11)18-10-13-4-2-12(9-16)3-5-13/h2-8,16-17H,9-10H2,1H3. The minimum atomic E-state index is 0.0485. The molecule has 0 saturated carbocycles. The number of aromatic hydroxyl groups is 1.